The lowest BCUT2D eigenvalue weighted by Gasteiger charge is -2.31. The van der Waals surface area contributed by atoms with Crippen LogP contribution in [0.2, 0.25) is 10.0 Å². The molecule has 1 aliphatic heterocycles. The number of carbonyl (C=O) groups is 1. The van der Waals surface area contributed by atoms with Gasteiger partial charge in [-0.3, -0.25) is 4.79 Å². The summed E-state index contributed by atoms with van der Waals surface area (Å²) in [6.07, 6.45) is 0.750. The van der Waals surface area contributed by atoms with Crippen molar-refractivity contribution in [3.8, 4) is 0 Å². The lowest BCUT2D eigenvalue weighted by molar-refractivity contribution is -0.132. The van der Waals surface area contributed by atoms with Crippen LogP contribution in [-0.2, 0) is 34.3 Å². The first kappa shape index (κ1) is 22.8. The first-order valence-electron chi connectivity index (χ1n) is 10.2. The molecule has 1 aliphatic rings. The van der Waals surface area contributed by atoms with Crippen LogP contribution in [0, 0.1) is 0 Å². The Balaban J connectivity index is 1.60. The van der Waals surface area contributed by atoms with Gasteiger partial charge in [-0.2, -0.15) is 4.31 Å². The molecule has 0 unspecified atom stereocenters. The summed E-state index contributed by atoms with van der Waals surface area (Å²) in [5.41, 5.74) is 2.96. The highest BCUT2D eigenvalue weighted by atomic mass is 35.5. The van der Waals surface area contributed by atoms with Crippen LogP contribution in [0.25, 0.3) is 0 Å². The zero-order chi connectivity index (χ0) is 22.7. The minimum Gasteiger partial charge on any atom is -0.337 e. The number of hydrogen-bond donors (Lipinski definition) is 0. The minimum atomic E-state index is -3.91. The lowest BCUT2D eigenvalue weighted by atomic mass is 10.00. The molecule has 0 atom stereocenters. The van der Waals surface area contributed by atoms with Gasteiger partial charge in [-0.1, -0.05) is 71.7 Å². The van der Waals surface area contributed by atoms with Crippen LogP contribution in [-0.4, -0.2) is 36.6 Å². The van der Waals surface area contributed by atoms with Gasteiger partial charge in [0.2, 0.25) is 15.9 Å². The summed E-state index contributed by atoms with van der Waals surface area (Å²) in [6.45, 7) is 0.771. The Morgan fingerprint density at radius 1 is 0.906 bits per heavy atom. The second-order valence-corrected chi connectivity index (χ2v) is 10.4. The molecule has 1 heterocycles. The second-order valence-electron chi connectivity index (χ2n) is 7.67. The van der Waals surface area contributed by atoms with E-state index in [0.717, 1.165) is 12.0 Å². The van der Waals surface area contributed by atoms with Crippen LogP contribution >= 0.6 is 23.2 Å². The van der Waals surface area contributed by atoms with E-state index in [1.165, 1.54) is 22.0 Å². The van der Waals surface area contributed by atoms with Crippen molar-refractivity contribution >= 4 is 39.1 Å². The van der Waals surface area contributed by atoms with E-state index < -0.39 is 10.0 Å². The van der Waals surface area contributed by atoms with Gasteiger partial charge in [0.15, 0.2) is 0 Å². The van der Waals surface area contributed by atoms with Gasteiger partial charge < -0.3 is 4.90 Å². The number of amides is 1. The molecule has 0 spiro atoms. The van der Waals surface area contributed by atoms with Crippen LogP contribution < -0.4 is 0 Å². The highest BCUT2D eigenvalue weighted by molar-refractivity contribution is 7.89. The molecule has 4 rings (SSSR count). The molecule has 0 saturated carbocycles. The maximum atomic E-state index is 13.4. The van der Waals surface area contributed by atoms with Gasteiger partial charge in [0.1, 0.15) is 0 Å². The molecule has 166 valence electrons. The van der Waals surface area contributed by atoms with E-state index in [-0.39, 0.29) is 23.9 Å². The van der Waals surface area contributed by atoms with E-state index in [1.54, 1.807) is 41.3 Å². The molecule has 0 bridgehead atoms. The van der Waals surface area contributed by atoms with Gasteiger partial charge in [-0.05, 0) is 47.4 Å². The van der Waals surface area contributed by atoms with Gasteiger partial charge >= 0.3 is 0 Å². The molecule has 32 heavy (non-hydrogen) atoms. The van der Waals surface area contributed by atoms with Gasteiger partial charge in [-0.15, -0.1) is 0 Å². The molecule has 0 aromatic heterocycles. The summed E-state index contributed by atoms with van der Waals surface area (Å²) in [5.74, 6) is -0.237. The summed E-state index contributed by atoms with van der Waals surface area (Å²) in [5, 5.41) is 0.719. The molecule has 1 amide bonds. The van der Waals surface area contributed by atoms with Crippen LogP contribution in [0.1, 0.15) is 16.7 Å². The van der Waals surface area contributed by atoms with Crippen molar-refractivity contribution in [2.45, 2.75) is 24.4 Å². The van der Waals surface area contributed by atoms with Crippen LogP contribution in [0.5, 0.6) is 0 Å². The highest BCUT2D eigenvalue weighted by Crippen LogP contribution is 2.26. The van der Waals surface area contributed by atoms with Crippen LogP contribution in [0.15, 0.2) is 77.7 Å². The number of rotatable bonds is 6. The largest absolute Gasteiger partial charge is 0.337 e. The number of carbonyl (C=O) groups excluding carboxylic acids is 1. The summed E-state index contributed by atoms with van der Waals surface area (Å²) >= 11 is 12.1. The molecule has 0 saturated heterocycles. The molecule has 0 N–H and O–H groups in total. The van der Waals surface area contributed by atoms with Crippen molar-refractivity contribution < 1.29 is 13.2 Å². The van der Waals surface area contributed by atoms with Gasteiger partial charge in [0, 0.05) is 19.6 Å². The van der Waals surface area contributed by atoms with Gasteiger partial charge in [-0.25, -0.2) is 8.42 Å². The van der Waals surface area contributed by atoms with Crippen molar-refractivity contribution in [1.82, 2.24) is 9.21 Å². The molecule has 5 nitrogen and oxygen atoms in total. The number of sulfonamides is 1. The lowest BCUT2D eigenvalue weighted by Crippen LogP contribution is -2.44. The number of halogens is 2. The van der Waals surface area contributed by atoms with E-state index in [1.807, 2.05) is 18.2 Å². The molecular formula is C24H22Cl2N2O3S. The predicted molar refractivity (Wildman–Crippen MR) is 126 cm³/mol. The molecule has 0 aliphatic carbocycles. The maximum absolute atomic E-state index is 13.4. The maximum Gasteiger partial charge on any atom is 0.243 e. The third-order valence-electron chi connectivity index (χ3n) is 5.52. The SMILES string of the molecule is O=C(CN(Cc1ccc(Cl)c(Cl)c1)S(=O)(=O)c1ccccc1)N1CCc2ccccc2C1. The summed E-state index contributed by atoms with van der Waals surface area (Å²) in [6, 6.07) is 21.1. The standard InChI is InChI=1S/C24H22Cl2N2O3S/c25-22-11-10-18(14-23(22)26)15-28(32(30,31)21-8-2-1-3-9-21)17-24(29)27-13-12-19-6-4-5-7-20(19)16-27/h1-11,14H,12-13,15-17H2. The van der Waals surface area contributed by atoms with E-state index in [2.05, 4.69) is 6.07 Å². The van der Waals surface area contributed by atoms with Gasteiger partial charge in [0.25, 0.3) is 0 Å². The fraction of sp³-hybridized carbons (Fsp3) is 0.208. The van der Waals surface area contributed by atoms with E-state index in [4.69, 9.17) is 23.2 Å². The Morgan fingerprint density at radius 3 is 2.31 bits per heavy atom. The van der Waals surface area contributed by atoms with Gasteiger partial charge in [0.05, 0.1) is 21.5 Å². The Kier molecular flexibility index (Phi) is 6.86. The van der Waals surface area contributed by atoms with Crippen LogP contribution in [0.4, 0.5) is 0 Å². The van der Waals surface area contributed by atoms with Crippen molar-refractivity contribution in [3.63, 3.8) is 0 Å². The van der Waals surface area contributed by atoms with Crippen molar-refractivity contribution in [1.29, 1.82) is 0 Å². The number of benzene rings is 3. The molecule has 0 fully saturated rings. The third kappa shape index (κ3) is 4.99. The fourth-order valence-corrected chi connectivity index (χ4v) is 5.49. The normalized spacial score (nSPS) is 13.8. The van der Waals surface area contributed by atoms with Crippen LogP contribution in [0.3, 0.4) is 0 Å². The molecular weight excluding hydrogens is 467 g/mol. The topological polar surface area (TPSA) is 57.7 Å². The minimum absolute atomic E-state index is 0.00425. The van der Waals surface area contributed by atoms with E-state index in [0.29, 0.717) is 28.7 Å². The molecule has 0 radical (unpaired) electrons. The molecule has 3 aromatic rings. The number of hydrogen-bond acceptors (Lipinski definition) is 3. The zero-order valence-electron chi connectivity index (χ0n) is 17.2. The summed E-state index contributed by atoms with van der Waals surface area (Å²) < 4.78 is 28.0. The fourth-order valence-electron chi connectivity index (χ4n) is 3.77. The third-order valence-corrected chi connectivity index (χ3v) is 8.06. The van der Waals surface area contributed by atoms with E-state index >= 15 is 0 Å². The Labute approximate surface area is 198 Å². The van der Waals surface area contributed by atoms with Crippen molar-refractivity contribution in [3.05, 3.63) is 99.5 Å². The number of nitrogens with zero attached hydrogens (tertiary/aromatic N) is 2. The monoisotopic (exact) mass is 488 g/mol. The summed E-state index contributed by atoms with van der Waals surface area (Å²) in [4.78, 5) is 15.0. The Hall–Kier alpha value is -2.38. The van der Waals surface area contributed by atoms with Crippen molar-refractivity contribution in [2.75, 3.05) is 13.1 Å². The quantitative estimate of drug-likeness (QED) is 0.502. The second kappa shape index (κ2) is 9.63. The molecule has 3 aromatic carbocycles. The van der Waals surface area contributed by atoms with E-state index in [9.17, 15) is 13.2 Å². The zero-order valence-corrected chi connectivity index (χ0v) is 19.6. The average molecular weight is 489 g/mol. The highest BCUT2D eigenvalue weighted by Gasteiger charge is 2.30. The molecule has 8 heteroatoms. The smallest absolute Gasteiger partial charge is 0.243 e. The summed E-state index contributed by atoms with van der Waals surface area (Å²) in [7, 11) is -3.91. The first-order valence-corrected chi connectivity index (χ1v) is 12.4. The predicted octanol–water partition coefficient (Wildman–Crippen LogP) is 4.77. The Bertz CT molecular complexity index is 1230. The first-order chi connectivity index (χ1) is 15.3. The van der Waals surface area contributed by atoms with Crippen molar-refractivity contribution in [2.24, 2.45) is 0 Å². The Morgan fingerprint density at radius 2 is 1.59 bits per heavy atom. The average Bonchev–Trinajstić information content (AvgIpc) is 2.81. The number of fused-ring (bicyclic) bond motifs is 1.